The van der Waals surface area contributed by atoms with Gasteiger partial charge in [-0.15, -0.1) is 10.2 Å². The van der Waals surface area contributed by atoms with E-state index in [4.69, 9.17) is 5.73 Å². The molecule has 1 aromatic heterocycles. The molecule has 14 heavy (non-hydrogen) atoms. The second kappa shape index (κ2) is 3.41. The van der Waals surface area contributed by atoms with Crippen molar-refractivity contribution in [3.8, 4) is 0 Å². The summed E-state index contributed by atoms with van der Waals surface area (Å²) in [6.07, 6.45) is 1.33. The van der Waals surface area contributed by atoms with Gasteiger partial charge in [-0.2, -0.15) is 4.80 Å². The lowest BCUT2D eigenvalue weighted by atomic mass is 10.2. The first-order chi connectivity index (χ1) is 6.75. The molecule has 0 saturated carbocycles. The van der Waals surface area contributed by atoms with Crippen molar-refractivity contribution in [2.75, 3.05) is 5.73 Å². The third-order valence-corrected chi connectivity index (χ3v) is 1.81. The van der Waals surface area contributed by atoms with Gasteiger partial charge in [0.1, 0.15) is 5.82 Å². The number of halogens is 1. The van der Waals surface area contributed by atoms with Crippen LogP contribution in [0.4, 0.5) is 10.1 Å². The van der Waals surface area contributed by atoms with Gasteiger partial charge >= 0.3 is 0 Å². The predicted molar refractivity (Wildman–Crippen MR) is 47.7 cm³/mol. The van der Waals surface area contributed by atoms with E-state index in [9.17, 15) is 4.39 Å². The number of hydrogen-bond donors (Lipinski definition) is 1. The van der Waals surface area contributed by atoms with E-state index < -0.39 is 0 Å². The third-order valence-electron chi connectivity index (χ3n) is 1.81. The third kappa shape index (κ3) is 1.68. The van der Waals surface area contributed by atoms with Crippen molar-refractivity contribution in [3.63, 3.8) is 0 Å². The molecular weight excluding hydrogens is 185 g/mol. The van der Waals surface area contributed by atoms with Gasteiger partial charge in [-0.3, -0.25) is 0 Å². The molecule has 2 rings (SSSR count). The smallest absolute Gasteiger partial charge is 0.162 e. The number of benzene rings is 1. The van der Waals surface area contributed by atoms with Gasteiger partial charge in [0, 0.05) is 5.69 Å². The highest BCUT2D eigenvalue weighted by Gasteiger charge is 2.02. The maximum atomic E-state index is 12.7. The molecule has 0 atom stereocenters. The van der Waals surface area contributed by atoms with E-state index in [-0.39, 0.29) is 5.82 Å². The molecule has 6 heteroatoms. The van der Waals surface area contributed by atoms with Gasteiger partial charge in [0.15, 0.2) is 6.33 Å². The van der Waals surface area contributed by atoms with Crippen LogP contribution >= 0.6 is 0 Å². The van der Waals surface area contributed by atoms with Gasteiger partial charge in [0.2, 0.25) is 0 Å². The quantitative estimate of drug-likeness (QED) is 0.703. The molecule has 1 aromatic carbocycles. The predicted octanol–water partition coefficient (Wildman–Crippen LogP) is 0.443. The van der Waals surface area contributed by atoms with Gasteiger partial charge in [0.05, 0.1) is 6.54 Å². The SMILES string of the molecule is Nc1cc(F)ccc1Cn1ncnn1. The van der Waals surface area contributed by atoms with E-state index in [1.165, 1.54) is 23.3 Å². The summed E-state index contributed by atoms with van der Waals surface area (Å²) in [4.78, 5) is 1.38. The Hall–Kier alpha value is -1.98. The summed E-state index contributed by atoms with van der Waals surface area (Å²) in [5, 5.41) is 11.1. The van der Waals surface area contributed by atoms with Crippen LogP contribution in [-0.2, 0) is 6.54 Å². The van der Waals surface area contributed by atoms with Crippen LogP contribution in [0.5, 0.6) is 0 Å². The lowest BCUT2D eigenvalue weighted by Crippen LogP contribution is -2.06. The van der Waals surface area contributed by atoms with Crippen molar-refractivity contribution >= 4 is 5.69 Å². The highest BCUT2D eigenvalue weighted by atomic mass is 19.1. The molecule has 0 unspecified atom stereocenters. The van der Waals surface area contributed by atoms with E-state index in [0.29, 0.717) is 12.2 Å². The molecule has 2 aromatic rings. The van der Waals surface area contributed by atoms with Gasteiger partial charge in [-0.05, 0) is 22.9 Å². The largest absolute Gasteiger partial charge is 0.398 e. The average molecular weight is 193 g/mol. The molecular formula is C8H8FN5. The van der Waals surface area contributed by atoms with E-state index in [1.807, 2.05) is 0 Å². The maximum absolute atomic E-state index is 12.7. The van der Waals surface area contributed by atoms with Crippen molar-refractivity contribution in [2.45, 2.75) is 6.54 Å². The van der Waals surface area contributed by atoms with Gasteiger partial charge in [0.25, 0.3) is 0 Å². The number of anilines is 1. The van der Waals surface area contributed by atoms with Crippen LogP contribution in [0.25, 0.3) is 0 Å². The molecule has 1 heterocycles. The topological polar surface area (TPSA) is 69.6 Å². The fourth-order valence-electron chi connectivity index (χ4n) is 1.12. The number of aromatic nitrogens is 4. The number of rotatable bonds is 2. The van der Waals surface area contributed by atoms with Crippen LogP contribution in [0.2, 0.25) is 0 Å². The van der Waals surface area contributed by atoms with Crippen LogP contribution in [-0.4, -0.2) is 20.2 Å². The minimum absolute atomic E-state index is 0.349. The molecule has 2 N–H and O–H groups in total. The van der Waals surface area contributed by atoms with Crippen LogP contribution in [0.1, 0.15) is 5.56 Å². The van der Waals surface area contributed by atoms with E-state index in [0.717, 1.165) is 5.56 Å². The highest BCUT2D eigenvalue weighted by Crippen LogP contribution is 2.13. The summed E-state index contributed by atoms with van der Waals surface area (Å²) in [6.45, 7) is 0.395. The minimum atomic E-state index is -0.349. The van der Waals surface area contributed by atoms with Crippen LogP contribution < -0.4 is 5.73 Å². The lowest BCUT2D eigenvalue weighted by molar-refractivity contribution is 0.571. The molecule has 72 valence electrons. The van der Waals surface area contributed by atoms with Crippen molar-refractivity contribution in [1.29, 1.82) is 0 Å². The van der Waals surface area contributed by atoms with E-state index in [2.05, 4.69) is 15.4 Å². The van der Waals surface area contributed by atoms with Crippen molar-refractivity contribution in [2.24, 2.45) is 0 Å². The second-order valence-electron chi connectivity index (χ2n) is 2.81. The molecule has 0 spiro atoms. The van der Waals surface area contributed by atoms with Crippen LogP contribution in [0.15, 0.2) is 24.5 Å². The maximum Gasteiger partial charge on any atom is 0.162 e. The Morgan fingerprint density at radius 1 is 1.43 bits per heavy atom. The normalized spacial score (nSPS) is 10.4. The summed E-state index contributed by atoms with van der Waals surface area (Å²) in [5.74, 6) is -0.349. The van der Waals surface area contributed by atoms with E-state index >= 15 is 0 Å². The Morgan fingerprint density at radius 3 is 2.93 bits per heavy atom. The molecule has 5 nitrogen and oxygen atoms in total. The molecule has 0 radical (unpaired) electrons. The lowest BCUT2D eigenvalue weighted by Gasteiger charge is -2.03. The molecule has 0 bridgehead atoms. The van der Waals surface area contributed by atoms with Crippen LogP contribution in [0.3, 0.4) is 0 Å². The second-order valence-corrected chi connectivity index (χ2v) is 2.81. The number of hydrogen-bond acceptors (Lipinski definition) is 4. The molecule has 0 aliphatic carbocycles. The van der Waals surface area contributed by atoms with Crippen molar-refractivity contribution < 1.29 is 4.39 Å². The van der Waals surface area contributed by atoms with Gasteiger partial charge in [-0.1, -0.05) is 6.07 Å². The molecule has 0 fully saturated rings. The zero-order valence-electron chi connectivity index (χ0n) is 7.26. The first-order valence-corrected chi connectivity index (χ1v) is 4.00. The fourth-order valence-corrected chi connectivity index (χ4v) is 1.12. The summed E-state index contributed by atoms with van der Waals surface area (Å²) in [7, 11) is 0. The monoisotopic (exact) mass is 193 g/mol. The van der Waals surface area contributed by atoms with Crippen molar-refractivity contribution in [3.05, 3.63) is 35.9 Å². The van der Waals surface area contributed by atoms with Gasteiger partial charge < -0.3 is 5.73 Å². The Labute approximate surface area is 79.3 Å². The van der Waals surface area contributed by atoms with Crippen molar-refractivity contribution in [1.82, 2.24) is 20.2 Å². The Balaban J connectivity index is 2.25. The minimum Gasteiger partial charge on any atom is -0.398 e. The Bertz CT molecular complexity index is 425. The molecule has 0 aliphatic rings. The van der Waals surface area contributed by atoms with E-state index in [1.54, 1.807) is 6.07 Å². The molecule has 0 saturated heterocycles. The standard InChI is InChI=1S/C8H8FN5/c9-7-2-1-6(8(10)3-7)4-14-12-5-11-13-14/h1-3,5H,4,10H2. The zero-order chi connectivity index (χ0) is 9.97. The highest BCUT2D eigenvalue weighted by molar-refractivity contribution is 5.46. The summed E-state index contributed by atoms with van der Waals surface area (Å²) >= 11 is 0. The van der Waals surface area contributed by atoms with Gasteiger partial charge in [-0.25, -0.2) is 4.39 Å². The number of nitrogens with two attached hydrogens (primary N) is 1. The summed E-state index contributed by atoms with van der Waals surface area (Å²) in [6, 6.07) is 4.23. The summed E-state index contributed by atoms with van der Waals surface area (Å²) < 4.78 is 12.7. The average Bonchev–Trinajstić information content (AvgIpc) is 2.62. The first-order valence-electron chi connectivity index (χ1n) is 4.00. The number of tetrazole rings is 1. The fraction of sp³-hybridized carbons (Fsp3) is 0.125. The first kappa shape index (κ1) is 8.61. The Kier molecular flexibility index (Phi) is 2.10. The number of nitrogens with zero attached hydrogens (tertiary/aromatic N) is 4. The summed E-state index contributed by atoms with van der Waals surface area (Å²) in [5.41, 5.74) is 6.77. The zero-order valence-corrected chi connectivity index (χ0v) is 7.26. The Morgan fingerprint density at radius 2 is 2.29 bits per heavy atom. The van der Waals surface area contributed by atoms with Crippen LogP contribution in [0, 0.1) is 5.82 Å². The molecule has 0 amide bonds. The molecule has 0 aliphatic heterocycles. The number of nitrogen functional groups attached to an aromatic ring is 1.